The Bertz CT molecular complexity index is 801. The van der Waals surface area contributed by atoms with Crippen molar-refractivity contribution in [2.75, 3.05) is 26.3 Å². The van der Waals surface area contributed by atoms with E-state index in [-0.39, 0.29) is 5.91 Å². The van der Waals surface area contributed by atoms with Crippen molar-refractivity contribution in [3.8, 4) is 0 Å². The Morgan fingerprint density at radius 2 is 1.79 bits per heavy atom. The Morgan fingerprint density at radius 3 is 2.46 bits per heavy atom. The Hall–Kier alpha value is -1.57. The summed E-state index contributed by atoms with van der Waals surface area (Å²) in [6.45, 7) is 8.49. The van der Waals surface area contributed by atoms with E-state index in [1.54, 1.807) is 0 Å². The SMILES string of the molecule is Cc1nc(C)c2c(C)c(C(=O)N3CCC4(CC3)OCCO4)sc2n1. The molecule has 6 nitrogen and oxygen atoms in total. The smallest absolute Gasteiger partial charge is 0.264 e. The number of aryl methyl sites for hydroxylation is 3. The van der Waals surface area contributed by atoms with Crippen LogP contribution in [0.4, 0.5) is 0 Å². The number of carbonyl (C=O) groups is 1. The van der Waals surface area contributed by atoms with Crippen molar-refractivity contribution in [3.05, 3.63) is 22.0 Å². The van der Waals surface area contributed by atoms with Gasteiger partial charge in [-0.2, -0.15) is 0 Å². The summed E-state index contributed by atoms with van der Waals surface area (Å²) in [4.78, 5) is 25.5. The molecule has 2 aromatic heterocycles. The summed E-state index contributed by atoms with van der Waals surface area (Å²) in [5.74, 6) is 0.377. The summed E-state index contributed by atoms with van der Waals surface area (Å²) in [5.41, 5.74) is 1.93. The number of likely N-dealkylation sites (tertiary alicyclic amines) is 1. The molecule has 1 spiro atoms. The van der Waals surface area contributed by atoms with E-state index < -0.39 is 5.79 Å². The molecule has 128 valence electrons. The quantitative estimate of drug-likeness (QED) is 0.793. The van der Waals surface area contributed by atoms with Gasteiger partial charge in [0.2, 0.25) is 0 Å². The van der Waals surface area contributed by atoms with Crippen LogP contribution >= 0.6 is 11.3 Å². The van der Waals surface area contributed by atoms with E-state index in [1.807, 2.05) is 25.7 Å². The number of piperidine rings is 1. The lowest BCUT2D eigenvalue weighted by molar-refractivity contribution is -0.181. The van der Waals surface area contributed by atoms with Crippen molar-refractivity contribution in [2.24, 2.45) is 0 Å². The van der Waals surface area contributed by atoms with E-state index in [0.717, 1.165) is 45.0 Å². The molecule has 2 aliphatic rings. The number of ether oxygens (including phenoxy) is 2. The van der Waals surface area contributed by atoms with Crippen LogP contribution in [0.2, 0.25) is 0 Å². The molecule has 0 radical (unpaired) electrons. The zero-order valence-corrected chi connectivity index (χ0v) is 15.0. The van der Waals surface area contributed by atoms with Crippen LogP contribution < -0.4 is 0 Å². The van der Waals surface area contributed by atoms with Crippen LogP contribution in [0.3, 0.4) is 0 Å². The molecule has 0 aromatic carbocycles. The van der Waals surface area contributed by atoms with Crippen LogP contribution in [0.1, 0.15) is 39.6 Å². The van der Waals surface area contributed by atoms with Crippen LogP contribution in [-0.2, 0) is 9.47 Å². The van der Waals surface area contributed by atoms with Crippen molar-refractivity contribution in [1.29, 1.82) is 0 Å². The van der Waals surface area contributed by atoms with Gasteiger partial charge in [-0.25, -0.2) is 9.97 Å². The lowest BCUT2D eigenvalue weighted by Crippen LogP contribution is -2.47. The molecule has 7 heteroatoms. The third kappa shape index (κ3) is 2.51. The van der Waals surface area contributed by atoms with Gasteiger partial charge in [0, 0.05) is 37.0 Å². The monoisotopic (exact) mass is 347 g/mol. The van der Waals surface area contributed by atoms with E-state index in [1.165, 1.54) is 11.3 Å². The Labute approximate surface area is 144 Å². The fourth-order valence-electron chi connectivity index (χ4n) is 3.66. The lowest BCUT2D eigenvalue weighted by Gasteiger charge is -2.37. The zero-order valence-electron chi connectivity index (χ0n) is 14.2. The second-order valence-corrected chi connectivity index (χ2v) is 7.49. The number of rotatable bonds is 1. The molecule has 24 heavy (non-hydrogen) atoms. The minimum Gasteiger partial charge on any atom is -0.347 e. The average Bonchev–Trinajstić information content (AvgIpc) is 3.12. The molecule has 0 unspecified atom stereocenters. The molecule has 4 heterocycles. The predicted molar refractivity (Wildman–Crippen MR) is 91.4 cm³/mol. The fourth-order valence-corrected chi connectivity index (χ4v) is 4.90. The first kappa shape index (κ1) is 15.9. The molecule has 2 aromatic rings. The van der Waals surface area contributed by atoms with E-state index >= 15 is 0 Å². The maximum Gasteiger partial charge on any atom is 0.264 e. The molecule has 2 saturated heterocycles. The summed E-state index contributed by atoms with van der Waals surface area (Å²) in [6, 6.07) is 0. The van der Waals surface area contributed by atoms with Gasteiger partial charge in [0.15, 0.2) is 5.79 Å². The minimum absolute atomic E-state index is 0.0837. The van der Waals surface area contributed by atoms with Gasteiger partial charge in [0.05, 0.1) is 18.1 Å². The number of aromatic nitrogens is 2. The molecule has 0 atom stereocenters. The number of carbonyl (C=O) groups excluding carboxylic acids is 1. The highest BCUT2D eigenvalue weighted by molar-refractivity contribution is 7.20. The maximum atomic E-state index is 13.0. The van der Waals surface area contributed by atoms with Crippen LogP contribution in [0.25, 0.3) is 10.2 Å². The fraction of sp³-hybridized carbons (Fsp3) is 0.588. The van der Waals surface area contributed by atoms with Gasteiger partial charge in [0.25, 0.3) is 5.91 Å². The number of amides is 1. The topological polar surface area (TPSA) is 64.6 Å². The third-order valence-electron chi connectivity index (χ3n) is 4.90. The van der Waals surface area contributed by atoms with Crippen molar-refractivity contribution in [3.63, 3.8) is 0 Å². The molecular weight excluding hydrogens is 326 g/mol. The van der Waals surface area contributed by atoms with Crippen LogP contribution in [0.5, 0.6) is 0 Å². The summed E-state index contributed by atoms with van der Waals surface area (Å²) in [5, 5.41) is 1.02. The third-order valence-corrected chi connectivity index (χ3v) is 6.08. The second-order valence-electron chi connectivity index (χ2n) is 6.49. The van der Waals surface area contributed by atoms with Crippen LogP contribution in [0.15, 0.2) is 0 Å². The number of fused-ring (bicyclic) bond motifs is 1. The molecule has 2 aliphatic heterocycles. The lowest BCUT2D eigenvalue weighted by atomic mass is 10.0. The highest BCUT2D eigenvalue weighted by atomic mass is 32.1. The average molecular weight is 347 g/mol. The van der Waals surface area contributed by atoms with Gasteiger partial charge in [-0.3, -0.25) is 4.79 Å². The normalized spacial score (nSPS) is 20.2. The van der Waals surface area contributed by atoms with Crippen molar-refractivity contribution in [1.82, 2.24) is 14.9 Å². The number of hydrogen-bond donors (Lipinski definition) is 0. The molecule has 0 saturated carbocycles. The Morgan fingerprint density at radius 1 is 1.12 bits per heavy atom. The Kier molecular flexibility index (Phi) is 3.82. The van der Waals surface area contributed by atoms with E-state index in [9.17, 15) is 4.79 Å². The summed E-state index contributed by atoms with van der Waals surface area (Å²) >= 11 is 1.47. The van der Waals surface area contributed by atoms with Gasteiger partial charge in [-0.05, 0) is 26.3 Å². The zero-order chi connectivity index (χ0) is 16.9. The standard InChI is InChI=1S/C17H21N3O3S/c1-10-13-11(2)18-12(3)19-15(13)24-14(10)16(21)20-6-4-17(5-7-20)22-8-9-23-17/h4-9H2,1-3H3. The molecule has 0 N–H and O–H groups in total. The first-order valence-corrected chi connectivity index (χ1v) is 9.12. The number of nitrogens with zero attached hydrogens (tertiary/aromatic N) is 3. The van der Waals surface area contributed by atoms with Gasteiger partial charge >= 0.3 is 0 Å². The summed E-state index contributed by atoms with van der Waals surface area (Å²) in [6.07, 6.45) is 1.47. The van der Waals surface area contributed by atoms with E-state index in [4.69, 9.17) is 9.47 Å². The highest BCUT2D eigenvalue weighted by Gasteiger charge is 2.41. The Balaban J connectivity index is 1.60. The van der Waals surface area contributed by atoms with Crippen molar-refractivity contribution in [2.45, 2.75) is 39.4 Å². The molecular formula is C17H21N3O3S. The summed E-state index contributed by atoms with van der Waals surface area (Å²) in [7, 11) is 0. The van der Waals surface area contributed by atoms with Gasteiger partial charge < -0.3 is 14.4 Å². The van der Waals surface area contributed by atoms with Crippen LogP contribution in [0, 0.1) is 20.8 Å². The largest absolute Gasteiger partial charge is 0.347 e. The first-order chi connectivity index (χ1) is 11.5. The number of hydrogen-bond acceptors (Lipinski definition) is 6. The van der Waals surface area contributed by atoms with Gasteiger partial charge in [-0.1, -0.05) is 0 Å². The van der Waals surface area contributed by atoms with Crippen LogP contribution in [-0.4, -0.2) is 52.9 Å². The maximum absolute atomic E-state index is 13.0. The molecule has 4 rings (SSSR count). The second kappa shape index (κ2) is 5.75. The molecule has 0 aliphatic carbocycles. The molecule has 1 amide bonds. The highest BCUT2D eigenvalue weighted by Crippen LogP contribution is 2.35. The first-order valence-electron chi connectivity index (χ1n) is 8.31. The van der Waals surface area contributed by atoms with E-state index in [0.29, 0.717) is 26.3 Å². The summed E-state index contributed by atoms with van der Waals surface area (Å²) < 4.78 is 11.5. The van der Waals surface area contributed by atoms with Gasteiger partial charge in [0.1, 0.15) is 10.7 Å². The minimum atomic E-state index is -0.453. The van der Waals surface area contributed by atoms with Gasteiger partial charge in [-0.15, -0.1) is 11.3 Å². The number of thiophene rings is 1. The molecule has 2 fully saturated rings. The predicted octanol–water partition coefficient (Wildman–Crippen LogP) is 2.60. The molecule has 0 bridgehead atoms. The van der Waals surface area contributed by atoms with Crippen molar-refractivity contribution < 1.29 is 14.3 Å². The van der Waals surface area contributed by atoms with Crippen molar-refractivity contribution >= 4 is 27.5 Å². The van der Waals surface area contributed by atoms with E-state index in [2.05, 4.69) is 9.97 Å².